The fourth-order valence-corrected chi connectivity index (χ4v) is 2.59. The Morgan fingerprint density at radius 2 is 2.10 bits per heavy atom. The first kappa shape index (κ1) is 16.1. The van der Waals surface area contributed by atoms with Crippen LogP contribution in [0.3, 0.4) is 0 Å². The lowest BCUT2D eigenvalue weighted by Crippen LogP contribution is -2.18. The molecule has 0 radical (unpaired) electrons. The van der Waals surface area contributed by atoms with Crippen LogP contribution in [0.4, 0.5) is 13.2 Å². The van der Waals surface area contributed by atoms with Gasteiger partial charge in [0.05, 0.1) is 13.2 Å². The van der Waals surface area contributed by atoms with Crippen LogP contribution in [-0.2, 0) is 11.2 Å². The second-order valence-corrected chi connectivity index (χ2v) is 5.07. The van der Waals surface area contributed by atoms with Gasteiger partial charge in [-0.15, -0.1) is 0 Å². The number of nitrogens with one attached hydrogen (secondary N) is 1. The maximum absolute atomic E-state index is 11.9. The summed E-state index contributed by atoms with van der Waals surface area (Å²) in [5.74, 6) is 0.834. The highest BCUT2D eigenvalue weighted by molar-refractivity contribution is 5.45. The fourth-order valence-electron chi connectivity index (χ4n) is 2.59. The Morgan fingerprint density at radius 3 is 2.81 bits per heavy atom. The van der Waals surface area contributed by atoms with Crippen LogP contribution in [0.2, 0.25) is 0 Å². The van der Waals surface area contributed by atoms with Crippen molar-refractivity contribution >= 4 is 0 Å². The van der Waals surface area contributed by atoms with Crippen LogP contribution in [-0.4, -0.2) is 33.0 Å². The summed E-state index contributed by atoms with van der Waals surface area (Å²) in [4.78, 5) is 0. The first-order valence-electron chi connectivity index (χ1n) is 7.07. The highest BCUT2D eigenvalue weighted by atomic mass is 19.4. The molecule has 21 heavy (non-hydrogen) atoms. The van der Waals surface area contributed by atoms with Crippen LogP contribution in [0.5, 0.6) is 5.75 Å². The minimum atomic E-state index is -4.26. The molecule has 1 aliphatic rings. The van der Waals surface area contributed by atoms with Crippen LogP contribution in [0, 0.1) is 0 Å². The molecule has 0 aliphatic heterocycles. The van der Waals surface area contributed by atoms with E-state index in [1.165, 1.54) is 11.1 Å². The molecule has 0 saturated carbocycles. The Labute approximate surface area is 122 Å². The standard InChI is InChI=1S/C15H20F3NO2/c1-19-13-7-6-12-11(13)4-2-5-14(12)21-9-3-8-20-10-15(16,17)18/h2,4-5,13,19H,3,6-10H2,1H3. The number of ether oxygens (including phenoxy) is 2. The molecule has 0 bridgehead atoms. The second-order valence-electron chi connectivity index (χ2n) is 5.07. The minimum Gasteiger partial charge on any atom is -0.493 e. The van der Waals surface area contributed by atoms with Crippen LogP contribution in [0.25, 0.3) is 0 Å². The molecule has 118 valence electrons. The number of fused-ring (bicyclic) bond motifs is 1. The molecule has 1 aromatic rings. The van der Waals surface area contributed by atoms with E-state index in [1.807, 2.05) is 19.2 Å². The van der Waals surface area contributed by atoms with E-state index in [-0.39, 0.29) is 6.61 Å². The van der Waals surface area contributed by atoms with Crippen molar-refractivity contribution in [1.82, 2.24) is 5.32 Å². The molecule has 0 saturated heterocycles. The third-order valence-electron chi connectivity index (χ3n) is 3.53. The fraction of sp³-hybridized carbons (Fsp3) is 0.600. The summed E-state index contributed by atoms with van der Waals surface area (Å²) >= 11 is 0. The lowest BCUT2D eigenvalue weighted by Gasteiger charge is -2.13. The smallest absolute Gasteiger partial charge is 0.411 e. The van der Waals surface area contributed by atoms with E-state index in [4.69, 9.17) is 4.74 Å². The molecule has 0 fully saturated rings. The van der Waals surface area contributed by atoms with Crippen LogP contribution in [0.1, 0.15) is 30.0 Å². The summed E-state index contributed by atoms with van der Waals surface area (Å²) in [6.07, 6.45) is -1.82. The molecule has 1 aliphatic carbocycles. The summed E-state index contributed by atoms with van der Waals surface area (Å²) in [6.45, 7) is -0.788. The zero-order valence-electron chi connectivity index (χ0n) is 12.0. The zero-order chi connectivity index (χ0) is 15.3. The molecular weight excluding hydrogens is 283 g/mol. The molecule has 1 unspecified atom stereocenters. The van der Waals surface area contributed by atoms with E-state index in [2.05, 4.69) is 16.1 Å². The number of alkyl halides is 3. The maximum Gasteiger partial charge on any atom is 0.411 e. The van der Waals surface area contributed by atoms with Gasteiger partial charge in [0.15, 0.2) is 0 Å². The summed E-state index contributed by atoms with van der Waals surface area (Å²) in [7, 11) is 1.94. The van der Waals surface area contributed by atoms with Gasteiger partial charge in [0, 0.05) is 12.5 Å². The average Bonchev–Trinajstić information content (AvgIpc) is 2.85. The summed E-state index contributed by atoms with van der Waals surface area (Å²) in [5.41, 5.74) is 2.45. The van der Waals surface area contributed by atoms with Gasteiger partial charge in [0.25, 0.3) is 0 Å². The van der Waals surface area contributed by atoms with Gasteiger partial charge in [0.2, 0.25) is 0 Å². The lowest BCUT2D eigenvalue weighted by atomic mass is 10.1. The van der Waals surface area contributed by atoms with Crippen molar-refractivity contribution in [1.29, 1.82) is 0 Å². The van der Waals surface area contributed by atoms with E-state index in [0.717, 1.165) is 18.6 Å². The van der Waals surface area contributed by atoms with E-state index >= 15 is 0 Å². The van der Waals surface area contributed by atoms with Gasteiger partial charge in [-0.25, -0.2) is 0 Å². The van der Waals surface area contributed by atoms with Crippen LogP contribution < -0.4 is 10.1 Å². The van der Waals surface area contributed by atoms with Gasteiger partial charge >= 0.3 is 6.18 Å². The van der Waals surface area contributed by atoms with Crippen molar-refractivity contribution in [3.8, 4) is 5.75 Å². The molecule has 0 heterocycles. The topological polar surface area (TPSA) is 30.5 Å². The Kier molecular flexibility index (Phi) is 5.47. The van der Waals surface area contributed by atoms with Crippen molar-refractivity contribution in [2.24, 2.45) is 0 Å². The van der Waals surface area contributed by atoms with Gasteiger partial charge in [-0.2, -0.15) is 13.2 Å². The molecule has 1 aromatic carbocycles. The Bertz CT molecular complexity index is 463. The van der Waals surface area contributed by atoms with Gasteiger partial charge < -0.3 is 14.8 Å². The minimum absolute atomic E-state index is 0.0493. The van der Waals surface area contributed by atoms with Gasteiger partial charge in [-0.05, 0) is 37.1 Å². The highest BCUT2D eigenvalue weighted by Gasteiger charge is 2.27. The predicted octanol–water partition coefficient (Wildman–Crippen LogP) is 3.24. The normalized spacial score (nSPS) is 17.8. The molecule has 1 N–H and O–H groups in total. The predicted molar refractivity (Wildman–Crippen MR) is 73.5 cm³/mol. The van der Waals surface area contributed by atoms with Crippen molar-refractivity contribution < 1.29 is 22.6 Å². The quantitative estimate of drug-likeness (QED) is 0.784. The van der Waals surface area contributed by atoms with Crippen molar-refractivity contribution in [3.05, 3.63) is 29.3 Å². The van der Waals surface area contributed by atoms with Crippen LogP contribution >= 0.6 is 0 Å². The van der Waals surface area contributed by atoms with E-state index < -0.39 is 12.8 Å². The summed E-state index contributed by atoms with van der Waals surface area (Å²) in [6, 6.07) is 6.30. The molecule has 6 heteroatoms. The monoisotopic (exact) mass is 303 g/mol. The number of halogens is 3. The van der Waals surface area contributed by atoms with Gasteiger partial charge in [0.1, 0.15) is 12.4 Å². The SMILES string of the molecule is CNC1CCc2c(OCCCOCC(F)(F)F)cccc21. The van der Waals surface area contributed by atoms with Crippen molar-refractivity contribution in [2.75, 3.05) is 26.9 Å². The molecule has 0 amide bonds. The number of hydrogen-bond donors (Lipinski definition) is 1. The largest absolute Gasteiger partial charge is 0.493 e. The van der Waals surface area contributed by atoms with Gasteiger partial charge in [-0.1, -0.05) is 12.1 Å². The zero-order valence-corrected chi connectivity index (χ0v) is 12.0. The Hall–Kier alpha value is -1.27. The molecule has 2 rings (SSSR count). The van der Waals surface area contributed by atoms with Crippen molar-refractivity contribution in [2.45, 2.75) is 31.5 Å². The van der Waals surface area contributed by atoms with E-state index in [1.54, 1.807) is 0 Å². The molecule has 0 aromatic heterocycles. The number of hydrogen-bond acceptors (Lipinski definition) is 3. The van der Waals surface area contributed by atoms with Crippen LogP contribution in [0.15, 0.2) is 18.2 Å². The number of benzene rings is 1. The summed E-state index contributed by atoms with van der Waals surface area (Å²) < 4.78 is 45.9. The van der Waals surface area contributed by atoms with Crippen molar-refractivity contribution in [3.63, 3.8) is 0 Å². The third kappa shape index (κ3) is 4.61. The van der Waals surface area contributed by atoms with E-state index in [0.29, 0.717) is 19.1 Å². The second kappa shape index (κ2) is 7.13. The van der Waals surface area contributed by atoms with Gasteiger partial charge in [-0.3, -0.25) is 0 Å². The Balaban J connectivity index is 1.76. The molecule has 3 nitrogen and oxygen atoms in total. The first-order chi connectivity index (χ1) is 10.0. The number of rotatable bonds is 7. The third-order valence-corrected chi connectivity index (χ3v) is 3.53. The molecule has 1 atom stereocenters. The summed E-state index contributed by atoms with van der Waals surface area (Å²) in [5, 5.41) is 3.26. The maximum atomic E-state index is 11.9. The average molecular weight is 303 g/mol. The molecule has 0 spiro atoms. The Morgan fingerprint density at radius 1 is 1.29 bits per heavy atom. The lowest BCUT2D eigenvalue weighted by molar-refractivity contribution is -0.174. The van der Waals surface area contributed by atoms with E-state index in [9.17, 15) is 13.2 Å². The highest BCUT2D eigenvalue weighted by Crippen LogP contribution is 2.36. The first-order valence-corrected chi connectivity index (χ1v) is 7.07. The molecular formula is C15H20F3NO2.